The molecular formula is C14H21N3O2. The minimum atomic E-state index is -0.135. The highest BCUT2D eigenvalue weighted by Crippen LogP contribution is 2.30. The molecule has 1 aliphatic rings. The van der Waals surface area contributed by atoms with Crippen LogP contribution < -0.4 is 15.4 Å². The van der Waals surface area contributed by atoms with Gasteiger partial charge in [-0.25, -0.2) is 0 Å². The van der Waals surface area contributed by atoms with Crippen molar-refractivity contribution in [2.45, 2.75) is 12.5 Å². The summed E-state index contributed by atoms with van der Waals surface area (Å²) in [4.78, 5) is 16.4. The number of para-hydroxylation sites is 2. The SMILES string of the molecule is COc1ccccc1N1CCN(C)C(CCN)C1=O. The molecule has 0 spiro atoms. The van der Waals surface area contributed by atoms with Crippen LogP contribution >= 0.6 is 0 Å². The lowest BCUT2D eigenvalue weighted by atomic mass is 10.1. The van der Waals surface area contributed by atoms with Crippen LogP contribution in [-0.4, -0.2) is 50.6 Å². The molecule has 0 saturated carbocycles. The molecule has 0 aliphatic carbocycles. The van der Waals surface area contributed by atoms with Gasteiger partial charge in [-0.15, -0.1) is 0 Å². The van der Waals surface area contributed by atoms with Crippen molar-refractivity contribution in [1.82, 2.24) is 4.90 Å². The second-order valence-electron chi connectivity index (χ2n) is 4.74. The topological polar surface area (TPSA) is 58.8 Å². The highest BCUT2D eigenvalue weighted by Gasteiger charge is 2.33. The fraction of sp³-hybridized carbons (Fsp3) is 0.500. The number of carbonyl (C=O) groups excluding carboxylic acids is 1. The van der Waals surface area contributed by atoms with Gasteiger partial charge in [-0.3, -0.25) is 9.69 Å². The van der Waals surface area contributed by atoms with Gasteiger partial charge in [0.1, 0.15) is 5.75 Å². The first-order valence-electron chi connectivity index (χ1n) is 6.53. The van der Waals surface area contributed by atoms with E-state index in [0.717, 1.165) is 18.0 Å². The number of amides is 1. The van der Waals surface area contributed by atoms with Crippen LogP contribution in [0.1, 0.15) is 6.42 Å². The summed E-state index contributed by atoms with van der Waals surface area (Å²) in [6, 6.07) is 7.48. The zero-order chi connectivity index (χ0) is 13.8. The van der Waals surface area contributed by atoms with E-state index in [4.69, 9.17) is 10.5 Å². The molecule has 2 rings (SSSR count). The molecule has 1 heterocycles. The van der Waals surface area contributed by atoms with Crippen LogP contribution in [0.5, 0.6) is 5.75 Å². The Morgan fingerprint density at radius 1 is 1.37 bits per heavy atom. The summed E-state index contributed by atoms with van der Waals surface area (Å²) in [6.07, 6.45) is 0.682. The van der Waals surface area contributed by atoms with Crippen molar-refractivity contribution in [2.75, 3.05) is 38.7 Å². The number of hydrogen-bond acceptors (Lipinski definition) is 4. The molecule has 1 unspecified atom stereocenters. The van der Waals surface area contributed by atoms with Crippen LogP contribution in [0.25, 0.3) is 0 Å². The molecule has 5 nitrogen and oxygen atoms in total. The molecule has 1 aromatic rings. The Hall–Kier alpha value is -1.59. The summed E-state index contributed by atoms with van der Waals surface area (Å²) in [5, 5.41) is 0. The number of benzene rings is 1. The maximum absolute atomic E-state index is 12.6. The summed E-state index contributed by atoms with van der Waals surface area (Å²) in [5.41, 5.74) is 6.44. The molecule has 1 aliphatic heterocycles. The second kappa shape index (κ2) is 6.04. The first-order valence-corrected chi connectivity index (χ1v) is 6.53. The molecule has 1 atom stereocenters. The number of ether oxygens (including phenoxy) is 1. The lowest BCUT2D eigenvalue weighted by Crippen LogP contribution is -2.56. The van der Waals surface area contributed by atoms with Crippen molar-refractivity contribution >= 4 is 11.6 Å². The zero-order valence-electron chi connectivity index (χ0n) is 11.5. The van der Waals surface area contributed by atoms with E-state index < -0.39 is 0 Å². The first kappa shape index (κ1) is 13.8. The van der Waals surface area contributed by atoms with Crippen molar-refractivity contribution in [3.8, 4) is 5.75 Å². The number of hydrogen-bond donors (Lipinski definition) is 1. The molecule has 0 radical (unpaired) electrons. The van der Waals surface area contributed by atoms with E-state index >= 15 is 0 Å². The Morgan fingerprint density at radius 2 is 2.11 bits per heavy atom. The smallest absolute Gasteiger partial charge is 0.244 e. The quantitative estimate of drug-likeness (QED) is 0.868. The second-order valence-corrected chi connectivity index (χ2v) is 4.74. The van der Waals surface area contributed by atoms with Gasteiger partial charge in [-0.1, -0.05) is 12.1 Å². The number of anilines is 1. The monoisotopic (exact) mass is 263 g/mol. The van der Waals surface area contributed by atoms with Gasteiger partial charge in [-0.05, 0) is 32.1 Å². The number of nitrogens with zero attached hydrogens (tertiary/aromatic N) is 2. The predicted molar refractivity (Wildman–Crippen MR) is 75.4 cm³/mol. The third kappa shape index (κ3) is 2.72. The van der Waals surface area contributed by atoms with Gasteiger partial charge in [-0.2, -0.15) is 0 Å². The molecule has 19 heavy (non-hydrogen) atoms. The molecule has 1 aromatic carbocycles. The van der Waals surface area contributed by atoms with Gasteiger partial charge < -0.3 is 15.4 Å². The molecule has 0 aromatic heterocycles. The van der Waals surface area contributed by atoms with E-state index in [0.29, 0.717) is 19.5 Å². The van der Waals surface area contributed by atoms with Crippen LogP contribution in [0.2, 0.25) is 0 Å². The summed E-state index contributed by atoms with van der Waals surface area (Å²) >= 11 is 0. The molecule has 1 amide bonds. The van der Waals surface area contributed by atoms with Crippen LogP contribution in [0.3, 0.4) is 0 Å². The minimum Gasteiger partial charge on any atom is -0.495 e. The molecule has 104 valence electrons. The van der Waals surface area contributed by atoms with Gasteiger partial charge in [0.2, 0.25) is 5.91 Å². The Labute approximate surface area is 113 Å². The van der Waals surface area contributed by atoms with E-state index in [2.05, 4.69) is 4.90 Å². The lowest BCUT2D eigenvalue weighted by Gasteiger charge is -2.39. The maximum atomic E-state index is 12.6. The number of carbonyl (C=O) groups is 1. The van der Waals surface area contributed by atoms with Gasteiger partial charge in [0, 0.05) is 13.1 Å². The van der Waals surface area contributed by atoms with Crippen molar-refractivity contribution in [3.05, 3.63) is 24.3 Å². The van der Waals surface area contributed by atoms with Crippen LogP contribution in [-0.2, 0) is 4.79 Å². The number of nitrogens with two attached hydrogens (primary N) is 1. The Bertz CT molecular complexity index is 450. The largest absolute Gasteiger partial charge is 0.495 e. The Balaban J connectivity index is 2.27. The van der Waals surface area contributed by atoms with E-state index in [1.807, 2.05) is 31.3 Å². The van der Waals surface area contributed by atoms with E-state index in [9.17, 15) is 4.79 Å². The highest BCUT2D eigenvalue weighted by molar-refractivity contribution is 5.99. The van der Waals surface area contributed by atoms with E-state index in [1.165, 1.54) is 0 Å². The van der Waals surface area contributed by atoms with Gasteiger partial charge in [0.05, 0.1) is 18.8 Å². The van der Waals surface area contributed by atoms with Crippen LogP contribution in [0.15, 0.2) is 24.3 Å². The fourth-order valence-electron chi connectivity index (χ4n) is 2.49. The van der Waals surface area contributed by atoms with Crippen molar-refractivity contribution in [2.24, 2.45) is 5.73 Å². The summed E-state index contributed by atoms with van der Waals surface area (Å²) in [6.45, 7) is 2.03. The molecule has 1 saturated heterocycles. The molecular weight excluding hydrogens is 242 g/mol. The Kier molecular flexibility index (Phi) is 4.39. The molecule has 0 bridgehead atoms. The van der Waals surface area contributed by atoms with Crippen LogP contribution in [0.4, 0.5) is 5.69 Å². The van der Waals surface area contributed by atoms with E-state index in [1.54, 1.807) is 12.0 Å². The third-order valence-electron chi connectivity index (χ3n) is 3.58. The number of rotatable bonds is 4. The summed E-state index contributed by atoms with van der Waals surface area (Å²) < 4.78 is 5.34. The molecule has 1 fully saturated rings. The van der Waals surface area contributed by atoms with Crippen molar-refractivity contribution in [3.63, 3.8) is 0 Å². The molecule has 2 N–H and O–H groups in total. The number of likely N-dealkylation sites (N-methyl/N-ethyl adjacent to an activating group) is 1. The number of methoxy groups -OCH3 is 1. The Morgan fingerprint density at radius 3 is 2.79 bits per heavy atom. The van der Waals surface area contributed by atoms with Gasteiger partial charge >= 0.3 is 0 Å². The fourth-order valence-corrected chi connectivity index (χ4v) is 2.49. The zero-order valence-corrected chi connectivity index (χ0v) is 11.5. The van der Waals surface area contributed by atoms with Crippen molar-refractivity contribution < 1.29 is 9.53 Å². The minimum absolute atomic E-state index is 0.101. The first-order chi connectivity index (χ1) is 9.19. The third-order valence-corrected chi connectivity index (χ3v) is 3.58. The maximum Gasteiger partial charge on any atom is 0.244 e. The van der Waals surface area contributed by atoms with E-state index in [-0.39, 0.29) is 11.9 Å². The average Bonchev–Trinajstić information content (AvgIpc) is 2.43. The summed E-state index contributed by atoms with van der Waals surface area (Å²) in [7, 11) is 3.59. The van der Waals surface area contributed by atoms with Crippen molar-refractivity contribution in [1.29, 1.82) is 0 Å². The normalized spacial score (nSPS) is 20.7. The lowest BCUT2D eigenvalue weighted by molar-refractivity contribution is -0.125. The number of piperazine rings is 1. The molecule has 5 heteroatoms. The van der Waals surface area contributed by atoms with Gasteiger partial charge in [0.15, 0.2) is 0 Å². The summed E-state index contributed by atoms with van der Waals surface area (Å²) in [5.74, 6) is 0.829. The van der Waals surface area contributed by atoms with Crippen LogP contribution in [0, 0.1) is 0 Å². The predicted octanol–water partition coefficient (Wildman–Crippen LogP) is 0.691. The van der Waals surface area contributed by atoms with Gasteiger partial charge in [0.25, 0.3) is 0 Å². The standard InChI is InChI=1S/C14H21N3O2/c1-16-9-10-17(14(18)12(16)7-8-15)11-5-3-4-6-13(11)19-2/h3-6,12H,7-10,15H2,1-2H3. The average molecular weight is 263 g/mol. The highest BCUT2D eigenvalue weighted by atomic mass is 16.5.